The van der Waals surface area contributed by atoms with Gasteiger partial charge in [-0.15, -0.1) is 0 Å². The fourth-order valence-corrected chi connectivity index (χ4v) is 2.99. The van der Waals surface area contributed by atoms with Gasteiger partial charge in [0.15, 0.2) is 11.5 Å². The molecule has 3 aromatic rings. The lowest BCUT2D eigenvalue weighted by atomic mass is 10.2. The number of aromatic nitrogens is 2. The number of halogens is 1. The van der Waals surface area contributed by atoms with Gasteiger partial charge in [-0.3, -0.25) is 14.2 Å². The van der Waals surface area contributed by atoms with Crippen LogP contribution in [0.4, 0.5) is 10.1 Å². The Bertz CT molecular complexity index is 1130. The first kappa shape index (κ1) is 21.0. The third kappa shape index (κ3) is 4.65. The van der Waals surface area contributed by atoms with Gasteiger partial charge in [-0.25, -0.2) is 9.37 Å². The van der Waals surface area contributed by atoms with Crippen LogP contribution in [0.1, 0.15) is 12.6 Å². The Morgan fingerprint density at radius 2 is 1.87 bits per heavy atom. The van der Waals surface area contributed by atoms with E-state index < -0.39 is 11.7 Å². The van der Waals surface area contributed by atoms with E-state index in [1.165, 1.54) is 43.1 Å². The van der Waals surface area contributed by atoms with Crippen molar-refractivity contribution in [2.24, 2.45) is 0 Å². The van der Waals surface area contributed by atoms with Gasteiger partial charge in [0.05, 0.1) is 14.2 Å². The molecule has 8 heteroatoms. The van der Waals surface area contributed by atoms with Gasteiger partial charge < -0.3 is 14.8 Å². The number of ether oxygens (including phenoxy) is 2. The van der Waals surface area contributed by atoms with E-state index in [9.17, 15) is 14.0 Å². The third-order valence-electron chi connectivity index (χ3n) is 4.48. The Hall–Kier alpha value is -3.68. The lowest BCUT2D eigenvalue weighted by Gasteiger charge is -2.14. The molecule has 1 aromatic heterocycles. The molecule has 2 aromatic carbocycles. The molecule has 0 aliphatic rings. The van der Waals surface area contributed by atoms with Gasteiger partial charge in [0.2, 0.25) is 5.91 Å². The van der Waals surface area contributed by atoms with Gasteiger partial charge in [0, 0.05) is 29.1 Å². The van der Waals surface area contributed by atoms with Crippen LogP contribution in [-0.4, -0.2) is 29.7 Å². The second-order valence-electron chi connectivity index (χ2n) is 6.48. The van der Waals surface area contributed by atoms with E-state index in [0.29, 0.717) is 34.9 Å². The fraction of sp³-hybridized carbons (Fsp3) is 0.227. The lowest BCUT2D eigenvalue weighted by molar-refractivity contribution is -0.116. The molecule has 1 amide bonds. The van der Waals surface area contributed by atoms with E-state index in [4.69, 9.17) is 9.47 Å². The minimum absolute atomic E-state index is 0.237. The van der Waals surface area contributed by atoms with Crippen LogP contribution in [0.2, 0.25) is 0 Å². The minimum atomic E-state index is -0.454. The molecule has 0 aliphatic carbocycles. The molecule has 0 unspecified atom stereocenters. The number of hydrogen-bond acceptors (Lipinski definition) is 5. The average Bonchev–Trinajstić information content (AvgIpc) is 2.74. The summed E-state index contributed by atoms with van der Waals surface area (Å²) in [5.74, 6) is 0.334. The van der Waals surface area contributed by atoms with Gasteiger partial charge in [-0.05, 0) is 30.7 Å². The summed E-state index contributed by atoms with van der Waals surface area (Å²) in [6.45, 7) is 1.58. The van der Waals surface area contributed by atoms with Crippen LogP contribution >= 0.6 is 0 Å². The molecule has 1 N–H and O–H groups in total. The molecular weight excluding hydrogens is 389 g/mol. The Morgan fingerprint density at radius 3 is 2.53 bits per heavy atom. The van der Waals surface area contributed by atoms with Crippen LogP contribution < -0.4 is 20.3 Å². The average molecular weight is 411 g/mol. The Kier molecular flexibility index (Phi) is 6.46. The zero-order chi connectivity index (χ0) is 21.7. The highest BCUT2D eigenvalue weighted by Gasteiger charge is 2.15. The Balaban J connectivity index is 1.92. The summed E-state index contributed by atoms with van der Waals surface area (Å²) in [6, 6.07) is 12.1. The van der Waals surface area contributed by atoms with Crippen LogP contribution in [-0.2, 0) is 17.8 Å². The molecule has 30 heavy (non-hydrogen) atoms. The van der Waals surface area contributed by atoms with Gasteiger partial charge in [-0.2, -0.15) is 0 Å². The summed E-state index contributed by atoms with van der Waals surface area (Å²) >= 11 is 0. The maximum absolute atomic E-state index is 13.7. The third-order valence-corrected chi connectivity index (χ3v) is 4.48. The topological polar surface area (TPSA) is 82.5 Å². The van der Waals surface area contributed by atoms with Crippen LogP contribution in [0.5, 0.6) is 11.5 Å². The fourth-order valence-electron chi connectivity index (χ4n) is 2.99. The van der Waals surface area contributed by atoms with Crippen LogP contribution in [0.25, 0.3) is 11.4 Å². The smallest absolute Gasteiger partial charge is 0.254 e. The number of carbonyl (C=O) groups excluding carboxylic acids is 1. The second kappa shape index (κ2) is 9.21. The molecule has 3 rings (SSSR count). The van der Waals surface area contributed by atoms with Crippen molar-refractivity contribution < 1.29 is 18.7 Å². The van der Waals surface area contributed by atoms with Crippen molar-refractivity contribution in [2.45, 2.75) is 19.9 Å². The number of nitrogens with zero attached hydrogens (tertiary/aromatic N) is 2. The number of aryl methyl sites for hydroxylation is 1. The molecule has 0 radical (unpaired) electrons. The van der Waals surface area contributed by atoms with Gasteiger partial charge in [0.1, 0.15) is 18.2 Å². The van der Waals surface area contributed by atoms with Crippen molar-refractivity contribution in [3.63, 3.8) is 0 Å². The second-order valence-corrected chi connectivity index (χ2v) is 6.48. The van der Waals surface area contributed by atoms with E-state index >= 15 is 0 Å². The first-order chi connectivity index (χ1) is 14.4. The first-order valence-electron chi connectivity index (χ1n) is 9.33. The van der Waals surface area contributed by atoms with Crippen molar-refractivity contribution in [1.82, 2.24) is 9.55 Å². The van der Waals surface area contributed by atoms with Crippen LogP contribution in [0.3, 0.4) is 0 Å². The van der Waals surface area contributed by atoms with Crippen molar-refractivity contribution in [3.8, 4) is 22.9 Å². The normalized spacial score (nSPS) is 10.5. The van der Waals surface area contributed by atoms with Crippen molar-refractivity contribution >= 4 is 11.6 Å². The van der Waals surface area contributed by atoms with Gasteiger partial charge in [-0.1, -0.05) is 19.1 Å². The SMILES string of the molecule is CCc1cc(=O)n(CC(=O)Nc2ccc(OC)c(OC)c2)c(-c2cccc(F)c2)n1. The number of nitrogens with one attached hydrogen (secondary N) is 1. The van der Waals surface area contributed by atoms with Crippen molar-refractivity contribution in [1.29, 1.82) is 0 Å². The number of benzene rings is 2. The molecule has 0 spiro atoms. The van der Waals surface area contributed by atoms with Gasteiger partial charge >= 0.3 is 0 Å². The summed E-state index contributed by atoms with van der Waals surface area (Å²) in [4.78, 5) is 29.8. The van der Waals surface area contributed by atoms with E-state index in [-0.39, 0.29) is 17.9 Å². The van der Waals surface area contributed by atoms with E-state index in [1.54, 1.807) is 24.3 Å². The zero-order valence-corrected chi connectivity index (χ0v) is 16.9. The molecular formula is C22H22FN3O4. The maximum Gasteiger partial charge on any atom is 0.254 e. The summed E-state index contributed by atoms with van der Waals surface area (Å²) in [5.41, 5.74) is 1.08. The van der Waals surface area contributed by atoms with Crippen LogP contribution in [0, 0.1) is 5.82 Å². The van der Waals surface area contributed by atoms with Crippen molar-refractivity contribution in [3.05, 3.63) is 70.4 Å². The molecule has 156 valence electrons. The monoisotopic (exact) mass is 411 g/mol. The van der Waals surface area contributed by atoms with Gasteiger partial charge in [0.25, 0.3) is 5.56 Å². The predicted octanol–water partition coefficient (Wildman–Crippen LogP) is 3.27. The maximum atomic E-state index is 13.7. The standard InChI is InChI=1S/C22H22FN3O4/c1-4-16-12-21(28)26(22(25-16)14-6-5-7-15(23)10-14)13-20(27)24-17-8-9-18(29-2)19(11-17)30-3/h5-12H,4,13H2,1-3H3,(H,24,27). The number of methoxy groups -OCH3 is 2. The molecule has 0 saturated heterocycles. The Morgan fingerprint density at radius 1 is 1.10 bits per heavy atom. The summed E-state index contributed by atoms with van der Waals surface area (Å²) in [6.07, 6.45) is 0.538. The molecule has 0 atom stereocenters. The molecule has 0 bridgehead atoms. The molecule has 0 aliphatic heterocycles. The predicted molar refractivity (Wildman–Crippen MR) is 111 cm³/mol. The quantitative estimate of drug-likeness (QED) is 0.645. The zero-order valence-electron chi connectivity index (χ0n) is 16.9. The minimum Gasteiger partial charge on any atom is -0.493 e. The molecule has 0 saturated carbocycles. The molecule has 0 fully saturated rings. The van der Waals surface area contributed by atoms with E-state index in [0.717, 1.165) is 0 Å². The lowest BCUT2D eigenvalue weighted by Crippen LogP contribution is -2.30. The van der Waals surface area contributed by atoms with Crippen molar-refractivity contribution in [2.75, 3.05) is 19.5 Å². The highest BCUT2D eigenvalue weighted by atomic mass is 19.1. The number of hydrogen-bond donors (Lipinski definition) is 1. The van der Waals surface area contributed by atoms with E-state index in [1.807, 2.05) is 6.92 Å². The summed E-state index contributed by atoms with van der Waals surface area (Å²) in [7, 11) is 3.01. The highest BCUT2D eigenvalue weighted by molar-refractivity contribution is 5.91. The summed E-state index contributed by atoms with van der Waals surface area (Å²) < 4.78 is 25.4. The van der Waals surface area contributed by atoms with Crippen LogP contribution in [0.15, 0.2) is 53.3 Å². The molecule has 1 heterocycles. The summed E-state index contributed by atoms with van der Waals surface area (Å²) in [5, 5.41) is 2.73. The number of anilines is 1. The number of carbonyl (C=O) groups is 1. The first-order valence-corrected chi connectivity index (χ1v) is 9.33. The van der Waals surface area contributed by atoms with E-state index in [2.05, 4.69) is 10.3 Å². The Labute approximate surface area is 173 Å². The highest BCUT2D eigenvalue weighted by Crippen LogP contribution is 2.29. The molecule has 7 nitrogen and oxygen atoms in total. The largest absolute Gasteiger partial charge is 0.493 e. The number of amides is 1. The number of rotatable bonds is 7.